The molecule has 2 N–H and O–H groups in total. The molecule has 0 amide bonds. The number of nitrogens with two attached hydrogens (primary N) is 1. The Balaban J connectivity index is 2.35. The summed E-state index contributed by atoms with van der Waals surface area (Å²) in [5.41, 5.74) is 8.95. The molecule has 2 aromatic carbocycles. The fraction of sp³-hybridized carbons (Fsp3) is 0.250. The van der Waals surface area contributed by atoms with Crippen LogP contribution in [0, 0.1) is 0 Å². The molecule has 4 heteroatoms. The highest BCUT2D eigenvalue weighted by atomic mass is 79.9. The molecular formula is C16H19BrN2O. The van der Waals surface area contributed by atoms with E-state index in [-0.39, 0.29) is 0 Å². The van der Waals surface area contributed by atoms with Crippen LogP contribution in [-0.2, 0) is 6.42 Å². The number of halogens is 1. The van der Waals surface area contributed by atoms with Crippen molar-refractivity contribution >= 4 is 27.3 Å². The highest BCUT2D eigenvalue weighted by molar-refractivity contribution is 9.10. The Hall–Kier alpha value is -1.52. The van der Waals surface area contributed by atoms with Crippen LogP contribution in [0.5, 0.6) is 5.75 Å². The lowest BCUT2D eigenvalue weighted by Gasteiger charge is -2.23. The van der Waals surface area contributed by atoms with Gasteiger partial charge in [-0.2, -0.15) is 0 Å². The van der Waals surface area contributed by atoms with Crippen molar-refractivity contribution in [2.24, 2.45) is 5.73 Å². The van der Waals surface area contributed by atoms with Crippen molar-refractivity contribution in [1.82, 2.24) is 0 Å². The Bertz CT molecular complexity index is 586. The zero-order chi connectivity index (χ0) is 14.5. The van der Waals surface area contributed by atoms with Gasteiger partial charge in [0.2, 0.25) is 0 Å². The third-order valence-corrected chi connectivity index (χ3v) is 3.89. The minimum Gasteiger partial charge on any atom is -0.495 e. The molecule has 3 nitrogen and oxygen atoms in total. The molecule has 2 aromatic rings. The summed E-state index contributed by atoms with van der Waals surface area (Å²) in [6, 6.07) is 14.3. The van der Waals surface area contributed by atoms with Crippen LogP contribution >= 0.6 is 15.9 Å². The van der Waals surface area contributed by atoms with E-state index in [2.05, 4.69) is 39.0 Å². The van der Waals surface area contributed by atoms with Crippen LogP contribution in [0.25, 0.3) is 0 Å². The van der Waals surface area contributed by atoms with Crippen LogP contribution in [0.1, 0.15) is 5.56 Å². The SMILES string of the molecule is COc1ccccc1N(C)c1ccc(CCN)cc1Br. The molecule has 2 rings (SSSR count). The molecule has 0 unspecified atom stereocenters. The number of rotatable bonds is 5. The second kappa shape index (κ2) is 6.77. The molecule has 0 spiro atoms. The van der Waals surface area contributed by atoms with Crippen LogP contribution < -0.4 is 15.4 Å². The fourth-order valence-electron chi connectivity index (χ4n) is 2.18. The largest absolute Gasteiger partial charge is 0.495 e. The third kappa shape index (κ3) is 3.14. The Kier molecular flexibility index (Phi) is 5.04. The Morgan fingerprint density at radius 1 is 1.15 bits per heavy atom. The van der Waals surface area contributed by atoms with Crippen LogP contribution in [-0.4, -0.2) is 20.7 Å². The minimum absolute atomic E-state index is 0.661. The lowest BCUT2D eigenvalue weighted by molar-refractivity contribution is 0.415. The normalized spacial score (nSPS) is 10.4. The lowest BCUT2D eigenvalue weighted by atomic mass is 10.1. The van der Waals surface area contributed by atoms with E-state index >= 15 is 0 Å². The van der Waals surface area contributed by atoms with Gasteiger partial charge in [0.05, 0.1) is 18.5 Å². The summed E-state index contributed by atoms with van der Waals surface area (Å²) in [6.45, 7) is 0.661. The molecule has 0 aromatic heterocycles. The first-order valence-electron chi connectivity index (χ1n) is 6.52. The van der Waals surface area contributed by atoms with E-state index < -0.39 is 0 Å². The van der Waals surface area contributed by atoms with E-state index in [1.54, 1.807) is 7.11 Å². The maximum atomic E-state index is 5.60. The van der Waals surface area contributed by atoms with E-state index in [9.17, 15) is 0 Å². The lowest BCUT2D eigenvalue weighted by Crippen LogP contribution is -2.11. The molecule has 0 atom stereocenters. The van der Waals surface area contributed by atoms with Gasteiger partial charge in [-0.15, -0.1) is 0 Å². The van der Waals surface area contributed by atoms with Gasteiger partial charge in [-0.05, 0) is 58.7 Å². The second-order valence-electron chi connectivity index (χ2n) is 4.56. The number of hydrogen-bond donors (Lipinski definition) is 1. The monoisotopic (exact) mass is 334 g/mol. The molecule has 0 aliphatic rings. The summed E-state index contributed by atoms with van der Waals surface area (Å²) in [4.78, 5) is 2.11. The molecule has 0 aliphatic heterocycles. The van der Waals surface area contributed by atoms with Gasteiger partial charge in [0.25, 0.3) is 0 Å². The van der Waals surface area contributed by atoms with Gasteiger partial charge in [0.1, 0.15) is 5.75 Å². The topological polar surface area (TPSA) is 38.5 Å². The van der Waals surface area contributed by atoms with Crippen molar-refractivity contribution in [3.8, 4) is 5.75 Å². The first-order chi connectivity index (χ1) is 9.67. The van der Waals surface area contributed by atoms with Crippen molar-refractivity contribution in [3.63, 3.8) is 0 Å². The highest BCUT2D eigenvalue weighted by Crippen LogP contribution is 2.36. The molecule has 0 fully saturated rings. The Morgan fingerprint density at radius 3 is 2.55 bits per heavy atom. The second-order valence-corrected chi connectivity index (χ2v) is 5.41. The summed E-state index contributed by atoms with van der Waals surface area (Å²) in [5, 5.41) is 0. The maximum absolute atomic E-state index is 5.60. The average molecular weight is 335 g/mol. The summed E-state index contributed by atoms with van der Waals surface area (Å²) in [6.07, 6.45) is 0.886. The van der Waals surface area contributed by atoms with Gasteiger partial charge in [-0.25, -0.2) is 0 Å². The van der Waals surface area contributed by atoms with Crippen molar-refractivity contribution < 1.29 is 4.74 Å². The molecule has 0 radical (unpaired) electrons. The Labute approximate surface area is 128 Å². The fourth-order valence-corrected chi connectivity index (χ4v) is 2.87. The number of para-hydroxylation sites is 2. The molecule has 0 aliphatic carbocycles. The number of benzene rings is 2. The van der Waals surface area contributed by atoms with Gasteiger partial charge >= 0.3 is 0 Å². The van der Waals surface area contributed by atoms with E-state index in [1.165, 1.54) is 5.56 Å². The van der Waals surface area contributed by atoms with Crippen molar-refractivity contribution in [1.29, 1.82) is 0 Å². The van der Waals surface area contributed by atoms with Crippen LogP contribution in [0.4, 0.5) is 11.4 Å². The summed E-state index contributed by atoms with van der Waals surface area (Å²) in [5.74, 6) is 0.855. The van der Waals surface area contributed by atoms with E-state index in [1.807, 2.05) is 31.3 Å². The molecule has 0 saturated carbocycles. The molecule has 0 saturated heterocycles. The zero-order valence-corrected chi connectivity index (χ0v) is 13.4. The highest BCUT2D eigenvalue weighted by Gasteiger charge is 2.12. The number of ether oxygens (including phenoxy) is 1. The summed E-state index contributed by atoms with van der Waals surface area (Å²) >= 11 is 3.64. The summed E-state index contributed by atoms with van der Waals surface area (Å²) < 4.78 is 6.47. The third-order valence-electron chi connectivity index (χ3n) is 3.25. The Morgan fingerprint density at radius 2 is 1.90 bits per heavy atom. The molecule has 106 valence electrons. The van der Waals surface area contributed by atoms with Gasteiger partial charge in [-0.1, -0.05) is 18.2 Å². The molecule has 20 heavy (non-hydrogen) atoms. The smallest absolute Gasteiger partial charge is 0.142 e. The average Bonchev–Trinajstić information content (AvgIpc) is 2.47. The first-order valence-corrected chi connectivity index (χ1v) is 7.32. The van der Waals surface area contributed by atoms with Crippen LogP contribution in [0.15, 0.2) is 46.9 Å². The van der Waals surface area contributed by atoms with Crippen LogP contribution in [0.2, 0.25) is 0 Å². The van der Waals surface area contributed by atoms with E-state index in [4.69, 9.17) is 10.5 Å². The quantitative estimate of drug-likeness (QED) is 0.905. The van der Waals surface area contributed by atoms with Gasteiger partial charge in [0, 0.05) is 11.5 Å². The van der Waals surface area contributed by atoms with Gasteiger partial charge in [0.15, 0.2) is 0 Å². The van der Waals surface area contributed by atoms with Crippen LogP contribution in [0.3, 0.4) is 0 Å². The minimum atomic E-state index is 0.661. The predicted octanol–water partition coefficient (Wildman–Crippen LogP) is 3.73. The molecule has 0 bridgehead atoms. The number of methoxy groups -OCH3 is 1. The van der Waals surface area contributed by atoms with E-state index in [0.717, 1.165) is 28.0 Å². The van der Waals surface area contributed by atoms with Gasteiger partial charge in [-0.3, -0.25) is 0 Å². The van der Waals surface area contributed by atoms with Crippen molar-refractivity contribution in [2.45, 2.75) is 6.42 Å². The molecular weight excluding hydrogens is 316 g/mol. The number of nitrogens with zero attached hydrogens (tertiary/aromatic N) is 1. The summed E-state index contributed by atoms with van der Waals surface area (Å²) in [7, 11) is 3.71. The zero-order valence-electron chi connectivity index (χ0n) is 11.8. The number of hydrogen-bond acceptors (Lipinski definition) is 3. The van der Waals surface area contributed by atoms with Crippen molar-refractivity contribution in [2.75, 3.05) is 25.6 Å². The van der Waals surface area contributed by atoms with Gasteiger partial charge < -0.3 is 15.4 Å². The van der Waals surface area contributed by atoms with E-state index in [0.29, 0.717) is 6.54 Å². The standard InChI is InChI=1S/C16H19BrN2O/c1-19(15-5-3-4-6-16(15)20-2)14-8-7-12(9-10-18)11-13(14)17/h3-8,11H,9-10,18H2,1-2H3. The molecule has 0 heterocycles. The first kappa shape index (κ1) is 14.9. The van der Waals surface area contributed by atoms with Crippen molar-refractivity contribution in [3.05, 3.63) is 52.5 Å². The maximum Gasteiger partial charge on any atom is 0.142 e. The predicted molar refractivity (Wildman–Crippen MR) is 88.0 cm³/mol. The number of anilines is 2.